The minimum Gasteiger partial charge on any atom is -0.493 e. The molecule has 0 spiro atoms. The number of hydrogen-bond acceptors (Lipinski definition) is 5. The maximum Gasteiger partial charge on any atom is 0.243 e. The predicted octanol–water partition coefficient (Wildman–Crippen LogP) is 0.221. The molecule has 2 rings (SSSR count). The molecule has 0 aromatic heterocycles. The largest absolute Gasteiger partial charge is 0.493 e. The molecule has 1 fully saturated rings. The molecule has 0 bridgehead atoms. The van der Waals surface area contributed by atoms with Crippen LogP contribution in [0, 0.1) is 5.82 Å². The normalized spacial score (nSPS) is 22.1. The summed E-state index contributed by atoms with van der Waals surface area (Å²) in [5, 5.41) is 0. The molecule has 1 saturated carbocycles. The van der Waals surface area contributed by atoms with Gasteiger partial charge in [-0.3, -0.25) is 0 Å². The van der Waals surface area contributed by atoms with Crippen LogP contribution < -0.4 is 19.9 Å². The molecule has 8 heteroatoms. The van der Waals surface area contributed by atoms with E-state index < -0.39 is 20.7 Å². The maximum atomic E-state index is 13.8. The van der Waals surface area contributed by atoms with Gasteiger partial charge in [0.1, 0.15) is 10.7 Å². The van der Waals surface area contributed by atoms with E-state index in [1.807, 2.05) is 0 Å². The lowest BCUT2D eigenvalue weighted by Gasteiger charge is -2.12. The molecule has 3 N–H and O–H groups in total. The van der Waals surface area contributed by atoms with Crippen LogP contribution in [0.2, 0.25) is 0 Å². The molecule has 19 heavy (non-hydrogen) atoms. The number of benzene rings is 1. The van der Waals surface area contributed by atoms with Gasteiger partial charge in [0.25, 0.3) is 0 Å². The molecule has 0 aliphatic heterocycles. The molecular formula is C11H15FN2O4S. The lowest BCUT2D eigenvalue weighted by Crippen LogP contribution is -2.30. The lowest BCUT2D eigenvalue weighted by molar-refractivity contribution is 0.350. The van der Waals surface area contributed by atoms with Crippen molar-refractivity contribution in [3.05, 3.63) is 17.9 Å². The van der Waals surface area contributed by atoms with Crippen molar-refractivity contribution in [3.8, 4) is 11.5 Å². The van der Waals surface area contributed by atoms with Gasteiger partial charge in [0.15, 0.2) is 11.5 Å². The highest BCUT2D eigenvalue weighted by Crippen LogP contribution is 2.32. The van der Waals surface area contributed by atoms with Crippen molar-refractivity contribution in [1.29, 1.82) is 0 Å². The number of nitrogens with two attached hydrogens (primary N) is 1. The van der Waals surface area contributed by atoms with Crippen LogP contribution in [0.15, 0.2) is 17.0 Å². The minimum absolute atomic E-state index is 0.127. The first-order valence-corrected chi connectivity index (χ1v) is 7.07. The van der Waals surface area contributed by atoms with E-state index >= 15 is 0 Å². The minimum atomic E-state index is -3.96. The van der Waals surface area contributed by atoms with Crippen LogP contribution in [0.4, 0.5) is 4.39 Å². The van der Waals surface area contributed by atoms with Crippen molar-refractivity contribution >= 4 is 10.0 Å². The summed E-state index contributed by atoms with van der Waals surface area (Å²) in [6.45, 7) is 0. The van der Waals surface area contributed by atoms with Gasteiger partial charge in [0.2, 0.25) is 10.0 Å². The van der Waals surface area contributed by atoms with E-state index in [4.69, 9.17) is 15.2 Å². The second kappa shape index (κ2) is 4.95. The van der Waals surface area contributed by atoms with Gasteiger partial charge >= 0.3 is 0 Å². The molecule has 1 aromatic carbocycles. The van der Waals surface area contributed by atoms with E-state index in [0.29, 0.717) is 6.42 Å². The van der Waals surface area contributed by atoms with Crippen LogP contribution >= 0.6 is 0 Å². The van der Waals surface area contributed by atoms with Gasteiger partial charge in [0, 0.05) is 24.2 Å². The standard InChI is InChI=1S/C11H15FN2O4S/c1-17-9-3-6(12)11(5-10(9)18-2)19(15,16)14-8-4-7(8)13/h3,5,7-8,14H,4,13H2,1-2H3. The highest BCUT2D eigenvalue weighted by Gasteiger charge is 2.38. The summed E-state index contributed by atoms with van der Waals surface area (Å²) < 4.78 is 50.1. The molecule has 1 aliphatic carbocycles. The Morgan fingerprint density at radius 1 is 1.32 bits per heavy atom. The zero-order chi connectivity index (χ0) is 14.2. The second-order valence-electron chi connectivity index (χ2n) is 4.26. The summed E-state index contributed by atoms with van der Waals surface area (Å²) in [7, 11) is -1.27. The molecular weight excluding hydrogens is 275 g/mol. The third-order valence-electron chi connectivity index (χ3n) is 2.87. The fourth-order valence-electron chi connectivity index (χ4n) is 1.65. The molecule has 1 aliphatic rings. The summed E-state index contributed by atoms with van der Waals surface area (Å²) in [6.07, 6.45) is 0.550. The smallest absolute Gasteiger partial charge is 0.243 e. The second-order valence-corrected chi connectivity index (χ2v) is 5.95. The van der Waals surface area contributed by atoms with E-state index in [9.17, 15) is 12.8 Å². The number of rotatable bonds is 5. The van der Waals surface area contributed by atoms with Gasteiger partial charge in [-0.2, -0.15) is 0 Å². The summed E-state index contributed by atoms with van der Waals surface area (Å²) in [6, 6.07) is 1.51. The number of methoxy groups -OCH3 is 2. The Morgan fingerprint density at radius 3 is 2.32 bits per heavy atom. The first-order chi connectivity index (χ1) is 8.89. The first-order valence-electron chi connectivity index (χ1n) is 5.58. The van der Waals surface area contributed by atoms with Gasteiger partial charge in [-0.1, -0.05) is 0 Å². The molecule has 0 saturated heterocycles. The molecule has 0 amide bonds. The average Bonchev–Trinajstić information content (AvgIpc) is 3.03. The van der Waals surface area contributed by atoms with Crippen molar-refractivity contribution < 1.29 is 22.3 Å². The lowest BCUT2D eigenvalue weighted by atomic mass is 10.3. The summed E-state index contributed by atoms with van der Waals surface area (Å²) >= 11 is 0. The van der Waals surface area contributed by atoms with E-state index in [1.54, 1.807) is 0 Å². The Morgan fingerprint density at radius 2 is 1.84 bits per heavy atom. The van der Waals surface area contributed by atoms with Crippen LogP contribution in [0.3, 0.4) is 0 Å². The predicted molar refractivity (Wildman–Crippen MR) is 66.2 cm³/mol. The van der Waals surface area contributed by atoms with Crippen LogP contribution in [-0.2, 0) is 10.0 Å². The highest BCUT2D eigenvalue weighted by atomic mass is 32.2. The van der Waals surface area contributed by atoms with E-state index in [1.165, 1.54) is 14.2 Å². The molecule has 1 aromatic rings. The van der Waals surface area contributed by atoms with Crippen molar-refractivity contribution in [2.45, 2.75) is 23.4 Å². The van der Waals surface area contributed by atoms with Gasteiger partial charge in [-0.05, 0) is 6.42 Å². The Balaban J connectivity index is 2.38. The van der Waals surface area contributed by atoms with Crippen molar-refractivity contribution in [1.82, 2.24) is 4.72 Å². The molecule has 2 atom stereocenters. The van der Waals surface area contributed by atoms with E-state index in [0.717, 1.165) is 12.1 Å². The fraction of sp³-hybridized carbons (Fsp3) is 0.455. The van der Waals surface area contributed by atoms with Crippen LogP contribution in [0.25, 0.3) is 0 Å². The van der Waals surface area contributed by atoms with Crippen molar-refractivity contribution in [2.75, 3.05) is 14.2 Å². The van der Waals surface area contributed by atoms with Crippen LogP contribution in [0.1, 0.15) is 6.42 Å². The topological polar surface area (TPSA) is 90.7 Å². The highest BCUT2D eigenvalue weighted by molar-refractivity contribution is 7.89. The van der Waals surface area contributed by atoms with Gasteiger partial charge < -0.3 is 15.2 Å². The number of sulfonamides is 1. The Bertz CT molecular complexity index is 591. The number of ether oxygens (including phenoxy) is 2. The fourth-order valence-corrected chi connectivity index (χ4v) is 3.03. The van der Waals surface area contributed by atoms with Crippen LogP contribution in [0.5, 0.6) is 11.5 Å². The average molecular weight is 290 g/mol. The third-order valence-corrected chi connectivity index (χ3v) is 4.38. The number of hydrogen-bond donors (Lipinski definition) is 2. The Labute approximate surface area is 110 Å². The number of nitrogens with one attached hydrogen (secondary N) is 1. The van der Waals surface area contributed by atoms with Gasteiger partial charge in [-0.15, -0.1) is 0 Å². The van der Waals surface area contributed by atoms with Crippen molar-refractivity contribution in [3.63, 3.8) is 0 Å². The SMILES string of the molecule is COc1cc(F)c(S(=O)(=O)NC2CC2N)cc1OC. The van der Waals surface area contributed by atoms with Gasteiger partial charge in [0.05, 0.1) is 14.2 Å². The number of halogens is 1. The maximum absolute atomic E-state index is 13.8. The van der Waals surface area contributed by atoms with Crippen LogP contribution in [-0.4, -0.2) is 34.7 Å². The quantitative estimate of drug-likeness (QED) is 0.809. The molecule has 6 nitrogen and oxygen atoms in total. The third kappa shape index (κ3) is 2.80. The Hall–Kier alpha value is -1.38. The first kappa shape index (κ1) is 14.0. The zero-order valence-corrected chi connectivity index (χ0v) is 11.3. The van der Waals surface area contributed by atoms with Crippen molar-refractivity contribution in [2.24, 2.45) is 5.73 Å². The molecule has 0 heterocycles. The summed E-state index contributed by atoms with van der Waals surface area (Å²) in [4.78, 5) is -0.482. The molecule has 106 valence electrons. The Kier molecular flexibility index (Phi) is 3.66. The summed E-state index contributed by atoms with van der Waals surface area (Å²) in [5.74, 6) is -0.634. The van der Waals surface area contributed by atoms with E-state index in [-0.39, 0.29) is 23.6 Å². The van der Waals surface area contributed by atoms with Gasteiger partial charge in [-0.25, -0.2) is 17.5 Å². The van der Waals surface area contributed by atoms with E-state index in [2.05, 4.69) is 4.72 Å². The monoisotopic (exact) mass is 290 g/mol. The summed E-state index contributed by atoms with van der Waals surface area (Å²) in [5.41, 5.74) is 5.53. The molecule has 2 unspecified atom stereocenters. The zero-order valence-electron chi connectivity index (χ0n) is 10.5. The molecule has 0 radical (unpaired) electrons.